The first-order valence-electron chi connectivity index (χ1n) is 6.68. The zero-order chi connectivity index (χ0) is 12.6. The van der Waals surface area contributed by atoms with Gasteiger partial charge in [-0.15, -0.1) is 0 Å². The van der Waals surface area contributed by atoms with Gasteiger partial charge in [0, 0.05) is 39.0 Å². The van der Waals surface area contributed by atoms with E-state index in [4.69, 9.17) is 9.47 Å². The fraction of sp³-hybridized carbons (Fsp3) is 1.00. The van der Waals surface area contributed by atoms with Crippen molar-refractivity contribution in [3.8, 4) is 0 Å². The number of rotatable bonds is 7. The van der Waals surface area contributed by atoms with Crippen LogP contribution in [0.3, 0.4) is 0 Å². The molecule has 0 aromatic carbocycles. The maximum Gasteiger partial charge on any atom is 0.0593 e. The second-order valence-corrected chi connectivity index (χ2v) is 5.40. The summed E-state index contributed by atoms with van der Waals surface area (Å²) in [5.74, 6) is 0. The fourth-order valence-electron chi connectivity index (χ4n) is 2.22. The van der Waals surface area contributed by atoms with Gasteiger partial charge < -0.3 is 14.8 Å². The Bertz CT molecular complexity index is 198. The highest BCUT2D eigenvalue weighted by Crippen LogP contribution is 2.09. The Morgan fingerprint density at radius 2 is 2.06 bits per heavy atom. The summed E-state index contributed by atoms with van der Waals surface area (Å²) in [6, 6.07) is 0. The average molecular weight is 244 g/mol. The molecule has 1 rings (SSSR count). The average Bonchev–Trinajstić information content (AvgIpc) is 2.44. The molecule has 1 aliphatic rings. The predicted octanol–water partition coefficient (Wildman–Crippen LogP) is 1.11. The molecule has 4 nitrogen and oxygen atoms in total. The van der Waals surface area contributed by atoms with Crippen molar-refractivity contribution in [3.05, 3.63) is 0 Å². The maximum atomic E-state index is 5.61. The third kappa shape index (κ3) is 6.99. The number of methoxy groups -OCH3 is 1. The lowest BCUT2D eigenvalue weighted by molar-refractivity contribution is 0.0806. The van der Waals surface area contributed by atoms with Crippen LogP contribution < -0.4 is 5.32 Å². The molecule has 0 aromatic rings. The van der Waals surface area contributed by atoms with Crippen molar-refractivity contribution in [1.29, 1.82) is 0 Å². The largest absolute Gasteiger partial charge is 0.385 e. The third-order valence-corrected chi connectivity index (χ3v) is 3.06. The van der Waals surface area contributed by atoms with E-state index in [0.29, 0.717) is 0 Å². The molecule has 0 bridgehead atoms. The molecule has 0 aliphatic carbocycles. The smallest absolute Gasteiger partial charge is 0.0593 e. The molecule has 0 aromatic heterocycles. The van der Waals surface area contributed by atoms with Gasteiger partial charge in [0.2, 0.25) is 0 Å². The van der Waals surface area contributed by atoms with Gasteiger partial charge in [-0.05, 0) is 39.8 Å². The van der Waals surface area contributed by atoms with Crippen LogP contribution in [0.1, 0.15) is 26.7 Å². The lowest BCUT2D eigenvalue weighted by Crippen LogP contribution is -2.47. The van der Waals surface area contributed by atoms with Crippen LogP contribution in [0.5, 0.6) is 0 Å². The number of nitrogens with zero attached hydrogens (tertiary/aromatic N) is 1. The summed E-state index contributed by atoms with van der Waals surface area (Å²) in [5.41, 5.74) is 0.229. The van der Waals surface area contributed by atoms with Crippen molar-refractivity contribution in [2.75, 3.05) is 53.1 Å². The molecular weight excluding hydrogens is 216 g/mol. The summed E-state index contributed by atoms with van der Waals surface area (Å²) in [4.78, 5) is 2.50. The van der Waals surface area contributed by atoms with Crippen molar-refractivity contribution in [2.45, 2.75) is 32.2 Å². The van der Waals surface area contributed by atoms with Gasteiger partial charge in [0.25, 0.3) is 0 Å². The predicted molar refractivity (Wildman–Crippen MR) is 70.5 cm³/mol. The number of ether oxygens (including phenoxy) is 2. The monoisotopic (exact) mass is 244 g/mol. The molecule has 1 fully saturated rings. The van der Waals surface area contributed by atoms with Gasteiger partial charge in [-0.3, -0.25) is 4.90 Å². The van der Waals surface area contributed by atoms with Gasteiger partial charge in [0.15, 0.2) is 0 Å². The van der Waals surface area contributed by atoms with Crippen LogP contribution in [0, 0.1) is 0 Å². The summed E-state index contributed by atoms with van der Waals surface area (Å²) in [6.45, 7) is 11.4. The quantitative estimate of drug-likeness (QED) is 0.680. The molecule has 0 spiro atoms. The SMILES string of the molecule is COCCCOCCN1CCCNC(C)(C)C1. The lowest BCUT2D eigenvalue weighted by atomic mass is 10.1. The Hall–Kier alpha value is -0.160. The standard InChI is InChI=1S/C13H28N2O2/c1-13(2)12-15(7-4-6-14-13)8-11-17-10-5-9-16-3/h14H,4-12H2,1-3H3. The summed E-state index contributed by atoms with van der Waals surface area (Å²) < 4.78 is 10.6. The van der Waals surface area contributed by atoms with Gasteiger partial charge in [-0.2, -0.15) is 0 Å². The van der Waals surface area contributed by atoms with Crippen LogP contribution in [0.4, 0.5) is 0 Å². The summed E-state index contributed by atoms with van der Waals surface area (Å²) in [6.07, 6.45) is 2.22. The normalized spacial score (nSPS) is 21.4. The zero-order valence-electron chi connectivity index (χ0n) is 11.6. The number of hydrogen-bond acceptors (Lipinski definition) is 4. The van der Waals surface area contributed by atoms with E-state index < -0.39 is 0 Å². The number of hydrogen-bond donors (Lipinski definition) is 1. The zero-order valence-corrected chi connectivity index (χ0v) is 11.6. The molecule has 102 valence electrons. The van der Waals surface area contributed by atoms with Crippen molar-refractivity contribution < 1.29 is 9.47 Å². The third-order valence-electron chi connectivity index (χ3n) is 3.06. The molecule has 1 N–H and O–H groups in total. The van der Waals surface area contributed by atoms with Crippen molar-refractivity contribution >= 4 is 0 Å². The first-order valence-corrected chi connectivity index (χ1v) is 6.68. The minimum absolute atomic E-state index is 0.229. The van der Waals surface area contributed by atoms with Gasteiger partial charge >= 0.3 is 0 Å². The van der Waals surface area contributed by atoms with Gasteiger partial charge in [0.05, 0.1) is 6.61 Å². The van der Waals surface area contributed by atoms with E-state index >= 15 is 0 Å². The van der Waals surface area contributed by atoms with E-state index in [1.54, 1.807) is 7.11 Å². The molecule has 0 unspecified atom stereocenters. The molecule has 1 saturated heterocycles. The van der Waals surface area contributed by atoms with Crippen LogP contribution in [0.15, 0.2) is 0 Å². The van der Waals surface area contributed by atoms with Gasteiger partial charge in [-0.25, -0.2) is 0 Å². The van der Waals surface area contributed by atoms with Crippen LogP contribution in [-0.4, -0.2) is 63.5 Å². The lowest BCUT2D eigenvalue weighted by Gasteiger charge is -2.29. The molecule has 4 heteroatoms. The first kappa shape index (κ1) is 14.9. The van der Waals surface area contributed by atoms with E-state index in [-0.39, 0.29) is 5.54 Å². The Morgan fingerprint density at radius 3 is 2.82 bits per heavy atom. The Morgan fingerprint density at radius 1 is 1.24 bits per heavy atom. The minimum atomic E-state index is 0.229. The Labute approximate surface area is 106 Å². The van der Waals surface area contributed by atoms with Crippen LogP contribution in [-0.2, 0) is 9.47 Å². The van der Waals surface area contributed by atoms with E-state index in [1.165, 1.54) is 13.0 Å². The summed E-state index contributed by atoms with van der Waals surface area (Å²) in [7, 11) is 1.73. The topological polar surface area (TPSA) is 33.7 Å². The van der Waals surface area contributed by atoms with Crippen molar-refractivity contribution in [1.82, 2.24) is 10.2 Å². The van der Waals surface area contributed by atoms with E-state index in [2.05, 4.69) is 24.1 Å². The summed E-state index contributed by atoms with van der Waals surface area (Å²) >= 11 is 0. The molecule has 0 amide bonds. The summed E-state index contributed by atoms with van der Waals surface area (Å²) in [5, 5.41) is 3.57. The highest BCUT2D eigenvalue weighted by molar-refractivity contribution is 4.84. The van der Waals surface area contributed by atoms with E-state index in [1.807, 2.05) is 0 Å². The van der Waals surface area contributed by atoms with E-state index in [9.17, 15) is 0 Å². The first-order chi connectivity index (χ1) is 8.14. The molecule has 0 atom stereocenters. The molecular formula is C13H28N2O2. The fourth-order valence-corrected chi connectivity index (χ4v) is 2.22. The molecule has 0 radical (unpaired) electrons. The van der Waals surface area contributed by atoms with Crippen molar-refractivity contribution in [2.24, 2.45) is 0 Å². The highest BCUT2D eigenvalue weighted by atomic mass is 16.5. The molecule has 17 heavy (non-hydrogen) atoms. The Balaban J connectivity index is 2.09. The van der Waals surface area contributed by atoms with Crippen LogP contribution in [0.2, 0.25) is 0 Å². The van der Waals surface area contributed by atoms with Crippen molar-refractivity contribution in [3.63, 3.8) is 0 Å². The maximum absolute atomic E-state index is 5.61. The second kappa shape index (κ2) is 8.03. The number of nitrogens with one attached hydrogen (secondary N) is 1. The van der Waals surface area contributed by atoms with Crippen LogP contribution >= 0.6 is 0 Å². The van der Waals surface area contributed by atoms with Gasteiger partial charge in [0.1, 0.15) is 0 Å². The van der Waals surface area contributed by atoms with Crippen LogP contribution in [0.25, 0.3) is 0 Å². The van der Waals surface area contributed by atoms with Gasteiger partial charge in [-0.1, -0.05) is 0 Å². The Kier molecular flexibility index (Phi) is 7.04. The second-order valence-electron chi connectivity index (χ2n) is 5.40. The molecule has 0 saturated carbocycles. The van der Waals surface area contributed by atoms with E-state index in [0.717, 1.165) is 45.9 Å². The molecule has 1 heterocycles. The molecule has 1 aliphatic heterocycles. The highest BCUT2D eigenvalue weighted by Gasteiger charge is 2.23. The minimum Gasteiger partial charge on any atom is -0.385 e.